The van der Waals surface area contributed by atoms with Crippen LogP contribution in [0.1, 0.15) is 169 Å². The third-order valence-corrected chi connectivity index (χ3v) is 17.8. The third kappa shape index (κ3) is 16.4. The maximum Gasteiger partial charge on any atom is 0.387 e. The molecule has 3 N–H and O–H groups in total. The van der Waals surface area contributed by atoms with Gasteiger partial charge in [-0.1, -0.05) is 149 Å². The molecule has 2 fully saturated rings. The van der Waals surface area contributed by atoms with Gasteiger partial charge in [0.1, 0.15) is 22.7 Å². The predicted octanol–water partition coefficient (Wildman–Crippen LogP) is 17.6. The Morgan fingerprint density at radius 1 is 0.553 bits per heavy atom. The molecule has 0 saturated carbocycles. The quantitative estimate of drug-likeness (QED) is 0.142. The molecule has 424 valence electrons. The van der Waals surface area contributed by atoms with Crippen molar-refractivity contribution in [3.8, 4) is 11.5 Å². The van der Waals surface area contributed by atoms with Crippen LogP contribution < -0.4 is 14.8 Å². The van der Waals surface area contributed by atoms with Crippen LogP contribution in [-0.4, -0.2) is 58.9 Å². The van der Waals surface area contributed by atoms with E-state index in [1.54, 1.807) is 26.0 Å². The summed E-state index contributed by atoms with van der Waals surface area (Å²) >= 11 is 1.76. The lowest BCUT2D eigenvalue weighted by molar-refractivity contribution is -0.0729. The molecule has 2 aliphatic rings. The van der Waals surface area contributed by atoms with Crippen molar-refractivity contribution in [1.29, 1.82) is 0 Å². The first-order chi connectivity index (χ1) is 35.0. The minimum atomic E-state index is -1.66. The number of phenols is 1. The zero-order valence-electron chi connectivity index (χ0n) is 49.8. The van der Waals surface area contributed by atoms with Gasteiger partial charge in [-0.05, 0) is 105 Å². The van der Waals surface area contributed by atoms with E-state index in [-0.39, 0.29) is 37.9 Å². The van der Waals surface area contributed by atoms with Crippen molar-refractivity contribution in [2.75, 3.05) is 53.8 Å². The second kappa shape index (κ2) is 25.2. The van der Waals surface area contributed by atoms with Gasteiger partial charge in [-0.2, -0.15) is 0 Å². The van der Waals surface area contributed by atoms with Gasteiger partial charge in [-0.3, -0.25) is 4.52 Å². The molecule has 7 rings (SSSR count). The topological polar surface area (TPSA) is 146 Å². The first kappa shape index (κ1) is 64.5. The van der Waals surface area contributed by atoms with Crippen molar-refractivity contribution in [3.63, 3.8) is 0 Å². The Morgan fingerprint density at radius 2 is 0.934 bits per heavy atom. The van der Waals surface area contributed by atoms with Crippen molar-refractivity contribution in [1.82, 2.24) is 0 Å². The standard InChI is InChI=1S/C30H46NO3P.C22H31O2PS.C7H14O6P2/c1-27(2,3)19-15-21-22-16-20(28(4,5)6)18-24(30(10,11)12)26(22)34-35(32-14-13-31)33-25(21)23(17-19)29(7,8)9;1-13-9-17(23)15(21(3,4)5)11-19(13)26-20-12-16(22(6,7)8)18(24-25)10-14(20)2;1-8-14-10-3-7(4-11-14)5-12-15(9-2)13-6-7/h15-18H,13-14,31H2,1-12H3;9-12,23H,25H2,1-8H3;3-6H2,1-2H3. The SMILES string of the molecule is CC(C)(C)c1cc(C(C)(C)C)c2op(OCCN)oc3c(C(C)(C)C)cc(C(C)(C)C)cc3c2c1.COP1OCC2(CO1)COP(OC)OC2.Cc1cc(O)c(C(C)(C)C)cc1Sc1cc(C(C)(C)C)c(OP)cc1C. The Kier molecular flexibility index (Phi) is 21.4. The minimum Gasteiger partial charge on any atom is -0.508 e. The van der Waals surface area contributed by atoms with E-state index in [9.17, 15) is 5.11 Å². The molecule has 1 atom stereocenters. The summed E-state index contributed by atoms with van der Waals surface area (Å²) in [5.41, 5.74) is 16.2. The molecular formula is C59H91NO11P4S. The minimum absolute atomic E-state index is 0.00448. The summed E-state index contributed by atoms with van der Waals surface area (Å²) in [6.45, 7) is 47.1. The first-order valence-corrected chi connectivity index (χ1v) is 30.6. The largest absolute Gasteiger partial charge is 0.508 e. The van der Waals surface area contributed by atoms with Crippen LogP contribution >= 0.6 is 46.7 Å². The van der Waals surface area contributed by atoms with Crippen LogP contribution in [0.4, 0.5) is 0 Å². The number of hydrogen-bond acceptors (Lipinski definition) is 13. The highest BCUT2D eigenvalue weighted by molar-refractivity contribution is 7.99. The van der Waals surface area contributed by atoms with Gasteiger partial charge in [0.05, 0.1) is 47.9 Å². The molecule has 12 nitrogen and oxygen atoms in total. The fourth-order valence-corrected chi connectivity index (χ4v) is 12.8. The maximum atomic E-state index is 10.4. The van der Waals surface area contributed by atoms with Crippen LogP contribution in [0, 0.1) is 19.3 Å². The van der Waals surface area contributed by atoms with Crippen LogP contribution in [0.2, 0.25) is 0 Å². The molecule has 3 heterocycles. The van der Waals surface area contributed by atoms with Gasteiger partial charge in [-0.25, -0.2) is 0 Å². The lowest BCUT2D eigenvalue weighted by Crippen LogP contribution is -2.44. The average molecular weight is 1150 g/mol. The van der Waals surface area contributed by atoms with E-state index in [1.165, 1.54) is 43.2 Å². The number of phenolic OH excluding ortho intramolecular Hbond substituents is 1. The molecule has 0 aliphatic carbocycles. The van der Waals surface area contributed by atoms with Crippen LogP contribution in [0.25, 0.3) is 21.9 Å². The zero-order valence-corrected chi connectivity index (χ0v) is 54.5. The zero-order chi connectivity index (χ0) is 57.1. The lowest BCUT2D eigenvalue weighted by atomic mass is 9.77. The van der Waals surface area contributed by atoms with E-state index in [4.69, 9.17) is 50.3 Å². The van der Waals surface area contributed by atoms with Gasteiger partial charge in [0.2, 0.25) is 0 Å². The van der Waals surface area contributed by atoms with Crippen LogP contribution in [0.5, 0.6) is 11.5 Å². The molecular weight excluding hydrogens is 1050 g/mol. The van der Waals surface area contributed by atoms with Gasteiger partial charge >= 0.3 is 25.4 Å². The van der Waals surface area contributed by atoms with E-state index in [1.807, 2.05) is 6.07 Å². The van der Waals surface area contributed by atoms with Crippen molar-refractivity contribution < 1.29 is 49.7 Å². The fourth-order valence-electron chi connectivity index (χ4n) is 8.43. The summed E-state index contributed by atoms with van der Waals surface area (Å²) in [5.74, 6) is 1.28. The number of fused-ring (bicyclic) bond motifs is 3. The van der Waals surface area contributed by atoms with Crippen molar-refractivity contribution in [2.24, 2.45) is 11.1 Å². The Bertz CT molecular complexity index is 2690. The highest BCUT2D eigenvalue weighted by Crippen LogP contribution is 2.53. The molecule has 2 aliphatic heterocycles. The van der Waals surface area contributed by atoms with Gasteiger partial charge in [0.15, 0.2) is 0 Å². The predicted molar refractivity (Wildman–Crippen MR) is 322 cm³/mol. The maximum absolute atomic E-state index is 10.4. The van der Waals surface area contributed by atoms with Gasteiger partial charge < -0.3 is 50.9 Å². The molecule has 5 aromatic rings. The fraction of sp³-hybridized carbons (Fsp3) is 0.593. The van der Waals surface area contributed by atoms with E-state index in [0.717, 1.165) is 38.8 Å². The Labute approximate surface area is 466 Å². The van der Waals surface area contributed by atoms with Crippen LogP contribution in [0.15, 0.2) is 66.7 Å². The van der Waals surface area contributed by atoms with E-state index >= 15 is 0 Å². The molecule has 0 radical (unpaired) electrons. The monoisotopic (exact) mass is 1150 g/mol. The highest BCUT2D eigenvalue weighted by atomic mass is 32.2. The number of hydrogen-bond donors (Lipinski definition) is 2. The summed E-state index contributed by atoms with van der Waals surface area (Å²) in [7, 11) is 1.50. The Hall–Kier alpha value is -2.30. The van der Waals surface area contributed by atoms with E-state index < -0.39 is 25.4 Å². The highest BCUT2D eigenvalue weighted by Gasteiger charge is 2.43. The van der Waals surface area contributed by atoms with Crippen molar-refractivity contribution in [2.45, 2.75) is 181 Å². The Balaban J connectivity index is 0.000000227. The van der Waals surface area contributed by atoms with Gasteiger partial charge in [-0.15, -0.1) is 0 Å². The molecule has 0 amide bonds. The molecule has 1 spiro atoms. The van der Waals surface area contributed by atoms with Crippen molar-refractivity contribution in [3.05, 3.63) is 93.0 Å². The molecule has 2 saturated heterocycles. The molecule has 76 heavy (non-hydrogen) atoms. The molecule has 4 aromatic carbocycles. The smallest absolute Gasteiger partial charge is 0.387 e. The Morgan fingerprint density at radius 3 is 1.28 bits per heavy atom. The molecule has 1 aromatic heterocycles. The first-order valence-electron chi connectivity index (χ1n) is 26.1. The number of rotatable bonds is 8. The second-order valence-electron chi connectivity index (χ2n) is 26.2. The summed E-state index contributed by atoms with van der Waals surface area (Å²) in [6.07, 6.45) is 0. The summed E-state index contributed by atoms with van der Waals surface area (Å²) in [6, 6.07) is 17.6. The van der Waals surface area contributed by atoms with Crippen LogP contribution in [0.3, 0.4) is 0 Å². The molecule has 0 bridgehead atoms. The molecule has 1 unspecified atom stereocenters. The van der Waals surface area contributed by atoms with Crippen molar-refractivity contribution >= 4 is 68.6 Å². The van der Waals surface area contributed by atoms with E-state index in [0.29, 0.717) is 45.3 Å². The second-order valence-corrected chi connectivity index (χ2v) is 31.3. The number of aromatic hydroxyl groups is 1. The number of aryl methyl sites for hydroxylation is 2. The van der Waals surface area contributed by atoms with Gasteiger partial charge in [0.25, 0.3) is 0 Å². The number of nitrogens with two attached hydrogens (primary N) is 1. The normalized spacial score (nSPS) is 18.8. The number of benzene rings is 4. The summed E-state index contributed by atoms with van der Waals surface area (Å²) in [4.78, 5) is 2.39. The summed E-state index contributed by atoms with van der Waals surface area (Å²) in [5, 5.41) is 12.5. The van der Waals surface area contributed by atoms with Gasteiger partial charge in [0, 0.05) is 63.6 Å². The van der Waals surface area contributed by atoms with Crippen LogP contribution in [-0.2, 0) is 59.6 Å². The molecule has 17 heteroatoms. The third-order valence-electron chi connectivity index (χ3n) is 13.2. The summed E-state index contributed by atoms with van der Waals surface area (Å²) < 4.78 is 56.5. The lowest BCUT2D eigenvalue weighted by Gasteiger charge is -2.41. The average Bonchev–Trinajstić information content (AvgIpc) is 3.47. The van der Waals surface area contributed by atoms with E-state index in [2.05, 4.69) is 190 Å².